The van der Waals surface area contributed by atoms with Crippen LogP contribution in [0.1, 0.15) is 5.76 Å². The van der Waals surface area contributed by atoms with Crippen molar-refractivity contribution in [1.29, 1.82) is 0 Å². The third-order valence-corrected chi connectivity index (χ3v) is 3.14. The molecule has 0 bridgehead atoms. The van der Waals surface area contributed by atoms with E-state index in [9.17, 15) is 9.18 Å². The zero-order chi connectivity index (χ0) is 13.0. The molecule has 0 unspecified atom stereocenters. The highest BCUT2D eigenvalue weighted by molar-refractivity contribution is 8.00. The molecule has 2 rings (SSSR count). The number of thioether (sulfide) groups is 1. The first kappa shape index (κ1) is 12.6. The van der Waals surface area contributed by atoms with Crippen molar-refractivity contribution < 1.29 is 13.7 Å². The van der Waals surface area contributed by atoms with E-state index in [0.29, 0.717) is 16.5 Å². The van der Waals surface area contributed by atoms with E-state index in [1.165, 1.54) is 6.07 Å². The number of anilines is 1. The summed E-state index contributed by atoms with van der Waals surface area (Å²) in [5, 5.41) is 6.20. The van der Waals surface area contributed by atoms with E-state index >= 15 is 0 Å². The zero-order valence-corrected chi connectivity index (χ0v) is 10.5. The molecule has 0 saturated carbocycles. The molecule has 0 aliphatic heterocycles. The van der Waals surface area contributed by atoms with Crippen molar-refractivity contribution in [2.45, 2.75) is 11.8 Å². The predicted molar refractivity (Wildman–Crippen MR) is 67.0 cm³/mol. The Morgan fingerprint density at radius 2 is 2.28 bits per heavy atom. The number of aryl methyl sites for hydroxylation is 1. The molecule has 0 atom stereocenters. The predicted octanol–water partition coefficient (Wildman–Crippen LogP) is 2.85. The molecule has 0 saturated heterocycles. The lowest BCUT2D eigenvalue weighted by Crippen LogP contribution is -2.14. The summed E-state index contributed by atoms with van der Waals surface area (Å²) in [6.45, 7) is 1.73. The Morgan fingerprint density at radius 1 is 1.50 bits per heavy atom. The summed E-state index contributed by atoms with van der Waals surface area (Å²) in [5.41, 5.74) is 0. The highest BCUT2D eigenvalue weighted by Crippen LogP contribution is 2.21. The van der Waals surface area contributed by atoms with E-state index in [4.69, 9.17) is 4.52 Å². The summed E-state index contributed by atoms with van der Waals surface area (Å²) < 4.78 is 18.1. The van der Waals surface area contributed by atoms with Gasteiger partial charge in [-0.1, -0.05) is 17.3 Å². The molecule has 94 valence electrons. The molecule has 1 heterocycles. The van der Waals surface area contributed by atoms with Gasteiger partial charge in [0.25, 0.3) is 0 Å². The van der Waals surface area contributed by atoms with Crippen molar-refractivity contribution in [2.24, 2.45) is 0 Å². The van der Waals surface area contributed by atoms with Crippen LogP contribution < -0.4 is 5.32 Å². The minimum absolute atomic E-state index is 0.118. The van der Waals surface area contributed by atoms with Gasteiger partial charge < -0.3 is 9.84 Å². The number of hydrogen-bond donors (Lipinski definition) is 1. The third kappa shape index (κ3) is 3.33. The van der Waals surface area contributed by atoms with Crippen LogP contribution in [0, 0.1) is 12.7 Å². The number of aromatic nitrogens is 1. The second-order valence-electron chi connectivity index (χ2n) is 3.59. The van der Waals surface area contributed by atoms with E-state index in [-0.39, 0.29) is 17.5 Å². The summed E-state index contributed by atoms with van der Waals surface area (Å²) in [5.74, 6) is 0.523. The molecule has 1 aromatic heterocycles. The molecule has 0 aliphatic rings. The van der Waals surface area contributed by atoms with Gasteiger partial charge in [0.1, 0.15) is 11.6 Å². The van der Waals surface area contributed by atoms with Crippen molar-refractivity contribution in [2.75, 3.05) is 11.1 Å². The summed E-state index contributed by atoms with van der Waals surface area (Å²) in [6, 6.07) is 7.95. The number of carbonyl (C=O) groups is 1. The molecule has 0 radical (unpaired) electrons. The largest absolute Gasteiger partial charge is 0.360 e. The Kier molecular flexibility index (Phi) is 3.99. The minimum Gasteiger partial charge on any atom is -0.360 e. The number of carbonyl (C=O) groups excluding carboxylic acids is 1. The van der Waals surface area contributed by atoms with E-state index in [2.05, 4.69) is 10.5 Å². The smallest absolute Gasteiger partial charge is 0.235 e. The van der Waals surface area contributed by atoms with Crippen molar-refractivity contribution >= 4 is 23.5 Å². The molecule has 1 aromatic carbocycles. The second-order valence-corrected chi connectivity index (χ2v) is 4.61. The number of benzene rings is 1. The van der Waals surface area contributed by atoms with E-state index in [1.807, 2.05) is 0 Å². The maximum absolute atomic E-state index is 13.3. The first-order chi connectivity index (χ1) is 8.65. The normalized spacial score (nSPS) is 10.3. The van der Waals surface area contributed by atoms with Gasteiger partial charge in [-0.2, -0.15) is 0 Å². The van der Waals surface area contributed by atoms with Crippen LogP contribution in [0.5, 0.6) is 0 Å². The molecular weight excluding hydrogens is 255 g/mol. The van der Waals surface area contributed by atoms with Gasteiger partial charge >= 0.3 is 0 Å². The molecule has 0 fully saturated rings. The fraction of sp³-hybridized carbons (Fsp3) is 0.167. The second kappa shape index (κ2) is 5.68. The molecular formula is C12H11FN2O2S. The lowest BCUT2D eigenvalue weighted by atomic mass is 10.3. The molecule has 4 nitrogen and oxygen atoms in total. The first-order valence-electron chi connectivity index (χ1n) is 5.25. The Labute approximate surface area is 108 Å². The lowest BCUT2D eigenvalue weighted by molar-refractivity contribution is -0.113. The van der Waals surface area contributed by atoms with Gasteiger partial charge in [0.2, 0.25) is 5.91 Å². The zero-order valence-electron chi connectivity index (χ0n) is 9.64. The standard InChI is InChI=1S/C12H11FN2O2S/c1-8-6-11(15-17-8)14-12(16)7-18-10-5-3-2-4-9(10)13/h2-6H,7H2,1H3,(H,14,15,16). The average molecular weight is 266 g/mol. The van der Waals surface area contributed by atoms with Crippen LogP contribution in [0.2, 0.25) is 0 Å². The molecule has 1 N–H and O–H groups in total. The molecule has 0 spiro atoms. The summed E-state index contributed by atoms with van der Waals surface area (Å²) in [6.07, 6.45) is 0. The Bertz CT molecular complexity index is 557. The number of rotatable bonds is 4. The third-order valence-electron chi connectivity index (χ3n) is 2.09. The fourth-order valence-electron chi connectivity index (χ4n) is 1.31. The summed E-state index contributed by atoms with van der Waals surface area (Å²) in [4.78, 5) is 12.0. The average Bonchev–Trinajstić information content (AvgIpc) is 2.74. The Balaban J connectivity index is 1.87. The van der Waals surface area contributed by atoms with Crippen LogP contribution in [0.15, 0.2) is 39.8 Å². The van der Waals surface area contributed by atoms with E-state index in [0.717, 1.165) is 11.8 Å². The number of nitrogens with zero attached hydrogens (tertiary/aromatic N) is 1. The van der Waals surface area contributed by atoms with E-state index in [1.54, 1.807) is 31.2 Å². The Morgan fingerprint density at radius 3 is 2.94 bits per heavy atom. The van der Waals surface area contributed by atoms with Crippen LogP contribution in [-0.4, -0.2) is 16.8 Å². The van der Waals surface area contributed by atoms with Crippen LogP contribution in [-0.2, 0) is 4.79 Å². The van der Waals surface area contributed by atoms with Crippen molar-refractivity contribution in [3.8, 4) is 0 Å². The number of halogens is 1. The van der Waals surface area contributed by atoms with Crippen LogP contribution in [0.3, 0.4) is 0 Å². The number of nitrogens with one attached hydrogen (secondary N) is 1. The van der Waals surface area contributed by atoms with Gasteiger partial charge in [-0.3, -0.25) is 4.79 Å². The fourth-order valence-corrected chi connectivity index (χ4v) is 2.05. The maximum atomic E-state index is 13.3. The van der Waals surface area contributed by atoms with Gasteiger partial charge in [0.15, 0.2) is 5.82 Å². The SMILES string of the molecule is Cc1cc(NC(=O)CSc2ccccc2F)no1. The quantitative estimate of drug-likeness (QED) is 0.864. The molecule has 2 aromatic rings. The van der Waals surface area contributed by atoms with Crippen LogP contribution in [0.4, 0.5) is 10.2 Å². The monoisotopic (exact) mass is 266 g/mol. The van der Waals surface area contributed by atoms with Crippen LogP contribution in [0.25, 0.3) is 0 Å². The van der Waals surface area contributed by atoms with Gasteiger partial charge in [0.05, 0.1) is 5.75 Å². The molecule has 1 amide bonds. The highest BCUT2D eigenvalue weighted by Gasteiger charge is 2.08. The molecule has 0 aliphatic carbocycles. The number of amides is 1. The van der Waals surface area contributed by atoms with Gasteiger partial charge in [-0.15, -0.1) is 11.8 Å². The van der Waals surface area contributed by atoms with Crippen molar-refractivity contribution in [3.63, 3.8) is 0 Å². The van der Waals surface area contributed by atoms with Crippen molar-refractivity contribution in [3.05, 3.63) is 41.9 Å². The van der Waals surface area contributed by atoms with Crippen LogP contribution >= 0.6 is 11.8 Å². The summed E-state index contributed by atoms with van der Waals surface area (Å²) >= 11 is 1.14. The number of hydrogen-bond acceptors (Lipinski definition) is 4. The van der Waals surface area contributed by atoms with Gasteiger partial charge in [-0.05, 0) is 19.1 Å². The summed E-state index contributed by atoms with van der Waals surface area (Å²) in [7, 11) is 0. The topological polar surface area (TPSA) is 55.1 Å². The van der Waals surface area contributed by atoms with Gasteiger partial charge in [0, 0.05) is 11.0 Å². The first-order valence-corrected chi connectivity index (χ1v) is 6.24. The Hall–Kier alpha value is -1.82. The minimum atomic E-state index is -0.326. The lowest BCUT2D eigenvalue weighted by Gasteiger charge is -2.02. The van der Waals surface area contributed by atoms with E-state index < -0.39 is 0 Å². The molecule has 6 heteroatoms. The molecule has 18 heavy (non-hydrogen) atoms. The maximum Gasteiger partial charge on any atom is 0.235 e. The highest BCUT2D eigenvalue weighted by atomic mass is 32.2. The van der Waals surface area contributed by atoms with Gasteiger partial charge in [-0.25, -0.2) is 4.39 Å². The van der Waals surface area contributed by atoms with Crippen molar-refractivity contribution in [1.82, 2.24) is 5.16 Å².